The first-order chi connectivity index (χ1) is 10.5. The van der Waals surface area contributed by atoms with Crippen LogP contribution in [-0.2, 0) is 0 Å². The molecule has 116 valence electrons. The minimum atomic E-state index is -0.500. The summed E-state index contributed by atoms with van der Waals surface area (Å²) in [5.74, 6) is 2.61. The lowest BCUT2D eigenvalue weighted by atomic mass is 9.98. The zero-order valence-corrected chi connectivity index (χ0v) is 12.5. The molecule has 6 heteroatoms. The smallest absolute Gasteiger partial charge is 0.270 e. The standard InChI is InChI=1S/C16H19N3O3/c1-3-8-17-16(20)14-11-13(19(21)22)4-5-15(14)18-9-6-12(2)7-10-18/h1,4-5,11-12H,6-10H2,2H3,(H,17,20). The van der Waals surface area contributed by atoms with Crippen LogP contribution in [0.3, 0.4) is 0 Å². The van der Waals surface area contributed by atoms with Gasteiger partial charge in [-0.25, -0.2) is 0 Å². The Morgan fingerprint density at radius 1 is 1.50 bits per heavy atom. The van der Waals surface area contributed by atoms with Crippen molar-refractivity contribution in [3.63, 3.8) is 0 Å². The molecule has 1 aliphatic rings. The molecule has 1 aromatic carbocycles. The van der Waals surface area contributed by atoms with E-state index in [1.165, 1.54) is 12.1 Å². The Balaban J connectivity index is 2.33. The molecule has 1 amide bonds. The molecular formula is C16H19N3O3. The SMILES string of the molecule is C#CCNC(=O)c1cc([N+](=O)[O-])ccc1N1CCC(C)CC1. The van der Waals surface area contributed by atoms with Gasteiger partial charge in [-0.1, -0.05) is 12.8 Å². The predicted molar refractivity (Wildman–Crippen MR) is 84.9 cm³/mol. The Kier molecular flexibility index (Phi) is 4.99. The highest BCUT2D eigenvalue weighted by molar-refractivity contribution is 6.00. The summed E-state index contributed by atoms with van der Waals surface area (Å²) in [5.41, 5.74) is 0.936. The van der Waals surface area contributed by atoms with Gasteiger partial charge in [-0.3, -0.25) is 14.9 Å². The van der Waals surface area contributed by atoms with Crippen LogP contribution in [0.5, 0.6) is 0 Å². The van der Waals surface area contributed by atoms with Crippen LogP contribution in [0.2, 0.25) is 0 Å². The Labute approximate surface area is 129 Å². The first-order valence-electron chi connectivity index (χ1n) is 7.28. The van der Waals surface area contributed by atoms with Crippen LogP contribution in [0.15, 0.2) is 18.2 Å². The molecule has 0 bridgehead atoms. The first kappa shape index (κ1) is 15.8. The number of hydrogen-bond acceptors (Lipinski definition) is 4. The van der Waals surface area contributed by atoms with E-state index in [0.29, 0.717) is 11.5 Å². The summed E-state index contributed by atoms with van der Waals surface area (Å²) in [6.07, 6.45) is 7.23. The highest BCUT2D eigenvalue weighted by Gasteiger charge is 2.23. The van der Waals surface area contributed by atoms with Crippen LogP contribution in [0.1, 0.15) is 30.1 Å². The molecular weight excluding hydrogens is 282 g/mol. The molecule has 1 N–H and O–H groups in total. The van der Waals surface area contributed by atoms with E-state index >= 15 is 0 Å². The second-order valence-electron chi connectivity index (χ2n) is 5.51. The molecule has 1 saturated heterocycles. The number of piperidine rings is 1. The average Bonchev–Trinajstić information content (AvgIpc) is 2.52. The summed E-state index contributed by atoms with van der Waals surface area (Å²) in [6, 6.07) is 4.41. The van der Waals surface area contributed by atoms with Crippen LogP contribution in [0, 0.1) is 28.4 Å². The van der Waals surface area contributed by atoms with Crippen molar-refractivity contribution in [2.24, 2.45) is 5.92 Å². The van der Waals surface area contributed by atoms with E-state index in [1.807, 2.05) is 0 Å². The number of nitro groups is 1. The van der Waals surface area contributed by atoms with Crippen molar-refractivity contribution in [2.45, 2.75) is 19.8 Å². The maximum atomic E-state index is 12.3. The number of rotatable bonds is 4. The zero-order valence-electron chi connectivity index (χ0n) is 12.5. The van der Waals surface area contributed by atoms with E-state index < -0.39 is 4.92 Å². The number of nitrogens with zero attached hydrogens (tertiary/aromatic N) is 2. The maximum absolute atomic E-state index is 12.3. The third kappa shape index (κ3) is 3.55. The quantitative estimate of drug-likeness (QED) is 0.525. The molecule has 2 rings (SSSR count). The Bertz CT molecular complexity index is 614. The van der Waals surface area contributed by atoms with Gasteiger partial charge in [-0.15, -0.1) is 6.42 Å². The molecule has 6 nitrogen and oxygen atoms in total. The summed E-state index contributed by atoms with van der Waals surface area (Å²) in [6.45, 7) is 3.98. The summed E-state index contributed by atoms with van der Waals surface area (Å²) < 4.78 is 0. The number of anilines is 1. The largest absolute Gasteiger partial charge is 0.371 e. The molecule has 0 saturated carbocycles. The van der Waals surface area contributed by atoms with Gasteiger partial charge in [0.05, 0.1) is 22.7 Å². The van der Waals surface area contributed by atoms with E-state index in [-0.39, 0.29) is 18.1 Å². The second kappa shape index (κ2) is 6.94. The molecule has 22 heavy (non-hydrogen) atoms. The molecule has 1 fully saturated rings. The number of carbonyl (C=O) groups is 1. The lowest BCUT2D eigenvalue weighted by molar-refractivity contribution is -0.384. The molecule has 0 aliphatic carbocycles. The van der Waals surface area contributed by atoms with Crippen molar-refractivity contribution in [1.29, 1.82) is 0 Å². The predicted octanol–water partition coefficient (Wildman–Crippen LogP) is 2.19. The van der Waals surface area contributed by atoms with Gasteiger partial charge in [-0.05, 0) is 24.8 Å². The fourth-order valence-corrected chi connectivity index (χ4v) is 2.57. The normalized spacial score (nSPS) is 15.2. The van der Waals surface area contributed by atoms with Gasteiger partial charge in [0.1, 0.15) is 0 Å². The van der Waals surface area contributed by atoms with E-state index in [4.69, 9.17) is 6.42 Å². The third-order valence-electron chi connectivity index (χ3n) is 3.91. The van der Waals surface area contributed by atoms with Crippen molar-refractivity contribution in [3.8, 4) is 12.3 Å². The van der Waals surface area contributed by atoms with Crippen LogP contribution in [-0.4, -0.2) is 30.5 Å². The number of terminal acetylenes is 1. The molecule has 1 heterocycles. The molecule has 0 aromatic heterocycles. The summed E-state index contributed by atoms with van der Waals surface area (Å²) in [5, 5.41) is 13.5. The Morgan fingerprint density at radius 2 is 2.18 bits per heavy atom. The Morgan fingerprint density at radius 3 is 2.77 bits per heavy atom. The number of benzene rings is 1. The van der Waals surface area contributed by atoms with Crippen molar-refractivity contribution in [3.05, 3.63) is 33.9 Å². The van der Waals surface area contributed by atoms with Crippen molar-refractivity contribution >= 4 is 17.3 Å². The van der Waals surface area contributed by atoms with Gasteiger partial charge in [-0.2, -0.15) is 0 Å². The minimum Gasteiger partial charge on any atom is -0.371 e. The van der Waals surface area contributed by atoms with Crippen LogP contribution < -0.4 is 10.2 Å². The van der Waals surface area contributed by atoms with E-state index in [1.54, 1.807) is 6.07 Å². The zero-order chi connectivity index (χ0) is 16.1. The van der Waals surface area contributed by atoms with Crippen molar-refractivity contribution in [2.75, 3.05) is 24.5 Å². The number of carbonyl (C=O) groups excluding carboxylic acids is 1. The van der Waals surface area contributed by atoms with Gasteiger partial charge >= 0.3 is 0 Å². The fourth-order valence-electron chi connectivity index (χ4n) is 2.57. The minimum absolute atomic E-state index is 0.0952. The second-order valence-corrected chi connectivity index (χ2v) is 5.51. The van der Waals surface area contributed by atoms with Gasteiger partial charge in [0.15, 0.2) is 0 Å². The van der Waals surface area contributed by atoms with Gasteiger partial charge < -0.3 is 10.2 Å². The fraction of sp³-hybridized carbons (Fsp3) is 0.438. The van der Waals surface area contributed by atoms with Crippen LogP contribution in [0.4, 0.5) is 11.4 Å². The van der Waals surface area contributed by atoms with Crippen LogP contribution in [0.25, 0.3) is 0 Å². The van der Waals surface area contributed by atoms with Crippen molar-refractivity contribution in [1.82, 2.24) is 5.32 Å². The molecule has 1 aromatic rings. The van der Waals surface area contributed by atoms with Gasteiger partial charge in [0, 0.05) is 25.2 Å². The lowest BCUT2D eigenvalue weighted by Gasteiger charge is -2.33. The third-order valence-corrected chi connectivity index (χ3v) is 3.91. The first-order valence-corrected chi connectivity index (χ1v) is 7.28. The average molecular weight is 301 g/mol. The summed E-state index contributed by atoms with van der Waals surface area (Å²) in [7, 11) is 0. The topological polar surface area (TPSA) is 75.5 Å². The van der Waals surface area contributed by atoms with E-state index in [0.717, 1.165) is 31.6 Å². The van der Waals surface area contributed by atoms with Gasteiger partial charge in [0.25, 0.3) is 11.6 Å². The summed E-state index contributed by atoms with van der Waals surface area (Å²) >= 11 is 0. The number of nitrogens with one attached hydrogen (secondary N) is 1. The van der Waals surface area contributed by atoms with Crippen molar-refractivity contribution < 1.29 is 9.72 Å². The highest BCUT2D eigenvalue weighted by atomic mass is 16.6. The van der Waals surface area contributed by atoms with E-state index in [2.05, 4.69) is 23.1 Å². The lowest BCUT2D eigenvalue weighted by Crippen LogP contribution is -2.35. The number of amides is 1. The number of hydrogen-bond donors (Lipinski definition) is 1. The molecule has 0 atom stereocenters. The molecule has 0 spiro atoms. The number of nitro benzene ring substituents is 1. The molecule has 0 unspecified atom stereocenters. The summed E-state index contributed by atoms with van der Waals surface area (Å²) in [4.78, 5) is 24.8. The van der Waals surface area contributed by atoms with Gasteiger partial charge in [0.2, 0.25) is 0 Å². The Hall–Kier alpha value is -2.55. The van der Waals surface area contributed by atoms with E-state index in [9.17, 15) is 14.9 Å². The van der Waals surface area contributed by atoms with Crippen LogP contribution >= 0.6 is 0 Å². The molecule has 1 aliphatic heterocycles. The number of non-ortho nitro benzene ring substituents is 1. The highest BCUT2D eigenvalue weighted by Crippen LogP contribution is 2.29. The maximum Gasteiger partial charge on any atom is 0.270 e. The molecule has 0 radical (unpaired) electrons. The monoisotopic (exact) mass is 301 g/mol.